The van der Waals surface area contributed by atoms with Crippen LogP contribution in [0, 0.1) is 31.9 Å². The van der Waals surface area contributed by atoms with Gasteiger partial charge in [0.2, 0.25) is 0 Å². The first-order chi connectivity index (χ1) is 36.4. The molecule has 0 unspecified atom stereocenters. The predicted octanol–water partition coefficient (Wildman–Crippen LogP) is 15.1. The van der Waals surface area contributed by atoms with Crippen LogP contribution in [0.15, 0.2) is 207 Å². The molecule has 0 atom stereocenters. The molecule has 0 amide bonds. The van der Waals surface area contributed by atoms with Gasteiger partial charge in [0.15, 0.2) is 0 Å². The average Bonchev–Trinajstić information content (AvgIpc) is 3.46. The zero-order chi connectivity index (χ0) is 53.2. The maximum atomic E-state index is 9.53. The molecule has 0 N–H and O–H groups in total. The first-order valence-electron chi connectivity index (χ1n) is 26.7. The van der Waals surface area contributed by atoms with Crippen molar-refractivity contribution in [2.45, 2.75) is 39.3 Å². The van der Waals surface area contributed by atoms with Gasteiger partial charge in [-0.2, -0.15) is 0 Å². The molecule has 10 aromatic rings. The van der Waals surface area contributed by atoms with Crippen molar-refractivity contribution in [3.63, 3.8) is 0 Å². The van der Waals surface area contributed by atoms with Gasteiger partial charge in [-0.25, -0.2) is 0 Å². The van der Waals surface area contributed by atoms with Crippen LogP contribution < -0.4 is 0 Å². The van der Waals surface area contributed by atoms with Gasteiger partial charge in [0, 0.05) is 32.3 Å². The van der Waals surface area contributed by atoms with E-state index in [1.165, 1.54) is 24.5 Å². The minimum Gasteiger partial charge on any atom is -0.304 e. The molecule has 7 aromatic carbocycles. The fraction of sp³-hybridized carbons (Fsp3) is 0.0952. The van der Waals surface area contributed by atoms with Gasteiger partial charge in [-0.05, 0) is 118 Å². The molecule has 4 heteroatoms. The van der Waals surface area contributed by atoms with Gasteiger partial charge in [-0.15, -0.1) is 107 Å². The van der Waals surface area contributed by atoms with Gasteiger partial charge < -0.3 is 15.0 Å². The van der Waals surface area contributed by atoms with Crippen LogP contribution >= 0.6 is 0 Å². The number of aryl methyl sites for hydroxylation is 6. The summed E-state index contributed by atoms with van der Waals surface area (Å²) in [5.41, 5.74) is 11.0. The largest absolute Gasteiger partial charge is 3.00 e. The van der Waals surface area contributed by atoms with Gasteiger partial charge in [-0.1, -0.05) is 132 Å². The maximum absolute atomic E-state index is 9.53. The Bertz CT molecular complexity index is 3530. The van der Waals surface area contributed by atoms with E-state index in [-0.39, 0.29) is 55.2 Å². The van der Waals surface area contributed by atoms with Crippen LogP contribution in [0.2, 0.25) is 0 Å². The quantitative estimate of drug-likeness (QED) is 0.108. The van der Waals surface area contributed by atoms with Crippen molar-refractivity contribution in [1.82, 2.24) is 15.0 Å². The van der Waals surface area contributed by atoms with E-state index in [2.05, 4.69) is 70.6 Å². The summed E-state index contributed by atoms with van der Waals surface area (Å²) in [5, 5.41) is 0. The fourth-order valence-electron chi connectivity index (χ4n) is 8.09. The van der Waals surface area contributed by atoms with Crippen LogP contribution in [-0.2, 0) is 45.7 Å². The molecule has 324 valence electrons. The smallest absolute Gasteiger partial charge is 0.304 e. The molecule has 0 radical (unpaired) electrons. The summed E-state index contributed by atoms with van der Waals surface area (Å²) in [5.74, 6) is 0. The van der Waals surface area contributed by atoms with Crippen molar-refractivity contribution in [2.75, 3.05) is 0 Å². The molecule has 0 fully saturated rings. The van der Waals surface area contributed by atoms with Crippen molar-refractivity contribution in [3.05, 3.63) is 258 Å². The number of benzene rings is 7. The Morgan fingerprint density at radius 2 is 0.910 bits per heavy atom. The summed E-state index contributed by atoms with van der Waals surface area (Å²) < 4.78 is 89.1. The Morgan fingerprint density at radius 3 is 1.46 bits per heavy atom. The second-order valence-electron chi connectivity index (χ2n) is 15.9. The van der Waals surface area contributed by atoms with Gasteiger partial charge in [0.05, 0.1) is 0 Å². The van der Waals surface area contributed by atoms with E-state index >= 15 is 0 Å². The van der Waals surface area contributed by atoms with Gasteiger partial charge in [0.25, 0.3) is 0 Å². The summed E-state index contributed by atoms with van der Waals surface area (Å²) in [7, 11) is 0. The molecule has 0 aliphatic heterocycles. The van der Waals surface area contributed by atoms with Crippen LogP contribution in [0.3, 0.4) is 0 Å². The number of rotatable bonds is 13. The van der Waals surface area contributed by atoms with Gasteiger partial charge >= 0.3 is 20.1 Å². The fourth-order valence-corrected chi connectivity index (χ4v) is 8.09. The molecule has 3 aromatic heterocycles. The summed E-state index contributed by atoms with van der Waals surface area (Å²) in [6, 6.07) is 68.0. The first kappa shape index (κ1) is 34.0. The Labute approximate surface area is 422 Å². The Balaban J connectivity index is 0.00000722. The molecule has 3 heterocycles. The standard InChI is InChI=1S/C63H48N3.Ir/c1-44-35-62(51-17-8-4-9-18-51)65-41-55(44)27-25-46-37-47(26-28-56-42-66-63(36-45(56)2)52-19-10-5-11-20-52)39-58(38-46)60-24-13-12-23-59(60)57-33-34-61(64-43-57)54-22-14-21-53(40-54)50-31-29-49(30-32-50)48-15-6-3-7-16-48;/h3-17,19,21,23-24,29-43H,25-28H2,1-2H3;/q-3;+3/i1D3,2D3,27D2,28D2;. The molecule has 10 rings (SSSR count). The molecule has 0 aliphatic carbocycles. The molecule has 0 spiro atoms. The molecule has 67 heavy (non-hydrogen) atoms. The molecule has 0 saturated heterocycles. The SMILES string of the molecule is [2H]C([2H])([2H])c1cc(-c2[c-]cccc2)ncc1C([2H])([2H])Cc1cc(CC([2H])([2H])c2cnc(-c3[c-]cccc3)cc2C([2H])([2H])[2H])cc(-c2ccccc2-c2ccc(-c3[c-]ccc(-c4ccc(-c5ccccc5)cc4)c3)nc2)c1.[Ir+3]. The summed E-state index contributed by atoms with van der Waals surface area (Å²) in [6.07, 6.45) is -0.831. The summed E-state index contributed by atoms with van der Waals surface area (Å²) >= 11 is 0. The Kier molecular flexibility index (Phi) is 10.6. The maximum Gasteiger partial charge on any atom is 3.00 e. The third kappa shape index (κ3) is 10.5. The number of hydrogen-bond donors (Lipinski definition) is 0. The Hall–Kier alpha value is -7.36. The van der Waals surface area contributed by atoms with Crippen molar-refractivity contribution >= 4 is 0 Å². The summed E-state index contributed by atoms with van der Waals surface area (Å²) in [6.45, 7) is -5.39. The number of pyridine rings is 3. The van der Waals surface area contributed by atoms with Crippen LogP contribution in [0.4, 0.5) is 0 Å². The minimum atomic E-state index is -2.70. The van der Waals surface area contributed by atoms with E-state index in [1.807, 2.05) is 78.9 Å². The van der Waals surface area contributed by atoms with Crippen molar-refractivity contribution in [3.8, 4) is 78.3 Å². The molecule has 0 aliphatic rings. The monoisotopic (exact) mass is 1050 g/mol. The third-order valence-electron chi connectivity index (χ3n) is 11.5. The molecule has 3 nitrogen and oxygen atoms in total. The first-order valence-corrected chi connectivity index (χ1v) is 21.7. The number of hydrogen-bond acceptors (Lipinski definition) is 3. The average molecular weight is 1050 g/mol. The van der Waals surface area contributed by atoms with Crippen LogP contribution in [-0.4, -0.2) is 15.0 Å². The zero-order valence-corrected chi connectivity index (χ0v) is 38.6. The normalized spacial score (nSPS) is 14.0. The molecular weight excluding hydrogens is 991 g/mol. The van der Waals surface area contributed by atoms with E-state index in [0.29, 0.717) is 39.2 Å². The minimum absolute atomic E-state index is 0. The van der Waals surface area contributed by atoms with E-state index in [9.17, 15) is 5.48 Å². The summed E-state index contributed by atoms with van der Waals surface area (Å²) in [4.78, 5) is 14.0. The van der Waals surface area contributed by atoms with E-state index in [1.54, 1.807) is 60.8 Å². The second kappa shape index (κ2) is 20.9. The third-order valence-corrected chi connectivity index (χ3v) is 11.5. The van der Waals surface area contributed by atoms with Crippen LogP contribution in [0.25, 0.3) is 78.3 Å². The molecular formula is C63H48IrN3. The number of aromatic nitrogens is 3. The van der Waals surface area contributed by atoms with Crippen molar-refractivity contribution in [1.29, 1.82) is 0 Å². The van der Waals surface area contributed by atoms with E-state index < -0.39 is 26.4 Å². The van der Waals surface area contributed by atoms with Crippen LogP contribution in [0.5, 0.6) is 0 Å². The van der Waals surface area contributed by atoms with Crippen LogP contribution in [0.1, 0.15) is 47.1 Å². The van der Waals surface area contributed by atoms with Gasteiger partial charge in [0.1, 0.15) is 0 Å². The second-order valence-corrected chi connectivity index (χ2v) is 15.9. The zero-order valence-electron chi connectivity index (χ0n) is 46.2. The van der Waals surface area contributed by atoms with Gasteiger partial charge in [-0.3, -0.25) is 0 Å². The van der Waals surface area contributed by atoms with E-state index in [4.69, 9.17) is 13.2 Å². The predicted molar refractivity (Wildman–Crippen MR) is 272 cm³/mol. The Morgan fingerprint density at radius 1 is 0.403 bits per heavy atom. The van der Waals surface area contributed by atoms with Crippen molar-refractivity contribution < 1.29 is 33.8 Å². The topological polar surface area (TPSA) is 38.7 Å². The molecule has 0 bridgehead atoms. The molecule has 0 saturated carbocycles. The van der Waals surface area contributed by atoms with Crippen molar-refractivity contribution in [2.24, 2.45) is 0 Å². The number of nitrogens with zero attached hydrogens (tertiary/aromatic N) is 3. The van der Waals surface area contributed by atoms with E-state index in [0.717, 1.165) is 50.2 Å².